The van der Waals surface area contributed by atoms with Gasteiger partial charge in [-0.2, -0.15) is 0 Å². The van der Waals surface area contributed by atoms with Crippen molar-refractivity contribution in [3.05, 3.63) is 46.2 Å². The lowest BCUT2D eigenvalue weighted by Crippen LogP contribution is -2.50. The molecule has 0 aliphatic carbocycles. The number of amides is 1. The SMILES string of the molecule is Cc1ccc(-c2ccsc2C(=O)N2CCN(CC3CCCO3)CC2)cc1. The summed E-state index contributed by atoms with van der Waals surface area (Å²) in [6.45, 7) is 7.49. The minimum atomic E-state index is 0.173. The molecule has 0 saturated carbocycles. The molecule has 138 valence electrons. The molecule has 2 aliphatic heterocycles. The monoisotopic (exact) mass is 370 g/mol. The summed E-state index contributed by atoms with van der Waals surface area (Å²) in [5.41, 5.74) is 3.42. The quantitative estimate of drug-likeness (QED) is 0.823. The largest absolute Gasteiger partial charge is 0.377 e. The Hall–Kier alpha value is -1.69. The minimum Gasteiger partial charge on any atom is -0.377 e. The summed E-state index contributed by atoms with van der Waals surface area (Å²) in [5.74, 6) is 0.173. The first-order valence-electron chi connectivity index (χ1n) is 9.48. The van der Waals surface area contributed by atoms with Gasteiger partial charge in [-0.3, -0.25) is 9.69 Å². The fraction of sp³-hybridized carbons (Fsp3) is 0.476. The maximum atomic E-state index is 13.1. The fourth-order valence-electron chi connectivity index (χ4n) is 3.79. The maximum Gasteiger partial charge on any atom is 0.264 e. The van der Waals surface area contributed by atoms with Crippen molar-refractivity contribution in [1.82, 2.24) is 9.80 Å². The third kappa shape index (κ3) is 3.85. The standard InChI is InChI=1S/C21H26N2O2S/c1-16-4-6-17(7-5-16)19-8-14-26-20(19)21(24)23-11-9-22(10-12-23)15-18-3-2-13-25-18/h4-8,14,18H,2-3,9-13,15H2,1H3. The minimum absolute atomic E-state index is 0.173. The van der Waals surface area contributed by atoms with Crippen LogP contribution in [0.1, 0.15) is 28.1 Å². The van der Waals surface area contributed by atoms with Crippen LogP contribution in [0.25, 0.3) is 11.1 Å². The fourth-order valence-corrected chi connectivity index (χ4v) is 4.67. The number of hydrogen-bond acceptors (Lipinski definition) is 4. The van der Waals surface area contributed by atoms with Crippen molar-refractivity contribution in [2.24, 2.45) is 0 Å². The van der Waals surface area contributed by atoms with E-state index in [4.69, 9.17) is 4.74 Å². The first-order valence-corrected chi connectivity index (χ1v) is 10.4. The highest BCUT2D eigenvalue weighted by Crippen LogP contribution is 2.30. The lowest BCUT2D eigenvalue weighted by atomic mass is 10.0. The van der Waals surface area contributed by atoms with Crippen LogP contribution in [0, 0.1) is 6.92 Å². The first-order chi connectivity index (χ1) is 12.7. The van der Waals surface area contributed by atoms with Gasteiger partial charge in [0.15, 0.2) is 0 Å². The Kier molecular flexibility index (Phi) is 5.38. The van der Waals surface area contributed by atoms with E-state index in [0.29, 0.717) is 6.10 Å². The van der Waals surface area contributed by atoms with Crippen molar-refractivity contribution in [2.45, 2.75) is 25.9 Å². The summed E-state index contributed by atoms with van der Waals surface area (Å²) in [6.07, 6.45) is 2.75. The predicted molar refractivity (Wildman–Crippen MR) is 106 cm³/mol. The molecule has 1 aromatic heterocycles. The maximum absolute atomic E-state index is 13.1. The number of ether oxygens (including phenoxy) is 1. The Bertz CT molecular complexity index is 742. The Morgan fingerprint density at radius 1 is 1.15 bits per heavy atom. The van der Waals surface area contributed by atoms with Crippen molar-refractivity contribution in [3.8, 4) is 11.1 Å². The number of rotatable bonds is 4. The smallest absolute Gasteiger partial charge is 0.264 e. The zero-order chi connectivity index (χ0) is 17.9. The molecule has 0 radical (unpaired) electrons. The van der Waals surface area contributed by atoms with E-state index >= 15 is 0 Å². The van der Waals surface area contributed by atoms with Crippen LogP contribution in [0.3, 0.4) is 0 Å². The zero-order valence-electron chi connectivity index (χ0n) is 15.3. The number of nitrogens with zero attached hydrogens (tertiary/aromatic N) is 2. The van der Waals surface area contributed by atoms with Crippen LogP contribution in [0.4, 0.5) is 0 Å². The van der Waals surface area contributed by atoms with Gasteiger partial charge >= 0.3 is 0 Å². The molecule has 4 nitrogen and oxygen atoms in total. The summed E-state index contributed by atoms with van der Waals surface area (Å²) in [4.78, 5) is 18.4. The van der Waals surface area contributed by atoms with Gasteiger partial charge in [0.1, 0.15) is 0 Å². The molecule has 1 unspecified atom stereocenters. The molecule has 4 rings (SSSR count). The van der Waals surface area contributed by atoms with Crippen LogP contribution in [0.2, 0.25) is 0 Å². The van der Waals surface area contributed by atoms with Crippen LogP contribution in [0.5, 0.6) is 0 Å². The van der Waals surface area contributed by atoms with Gasteiger partial charge in [-0.1, -0.05) is 29.8 Å². The Labute approximate surface area is 159 Å². The van der Waals surface area contributed by atoms with E-state index in [-0.39, 0.29) is 5.91 Å². The molecule has 0 N–H and O–H groups in total. The van der Waals surface area contributed by atoms with Gasteiger partial charge < -0.3 is 9.64 Å². The van der Waals surface area contributed by atoms with Crippen LogP contribution in [-0.4, -0.2) is 61.1 Å². The zero-order valence-corrected chi connectivity index (χ0v) is 16.1. The summed E-state index contributed by atoms with van der Waals surface area (Å²) in [5, 5.41) is 2.02. The van der Waals surface area contributed by atoms with Crippen molar-refractivity contribution in [1.29, 1.82) is 0 Å². The Balaban J connectivity index is 1.40. The molecule has 2 fully saturated rings. The summed E-state index contributed by atoms with van der Waals surface area (Å²) in [6, 6.07) is 10.5. The van der Waals surface area contributed by atoms with E-state index in [1.54, 1.807) is 11.3 Å². The normalized spacial score (nSPS) is 21.3. The highest BCUT2D eigenvalue weighted by Gasteiger charge is 2.27. The van der Waals surface area contributed by atoms with Gasteiger partial charge in [-0.25, -0.2) is 0 Å². The Morgan fingerprint density at radius 2 is 1.92 bits per heavy atom. The number of aryl methyl sites for hydroxylation is 1. The summed E-state index contributed by atoms with van der Waals surface area (Å²) >= 11 is 1.55. The van der Waals surface area contributed by atoms with E-state index in [1.807, 2.05) is 10.3 Å². The lowest BCUT2D eigenvalue weighted by Gasteiger charge is -2.35. The molecular weight excluding hydrogens is 344 g/mol. The number of thiophene rings is 1. The molecular formula is C21H26N2O2S. The van der Waals surface area contributed by atoms with E-state index < -0.39 is 0 Å². The number of hydrogen-bond donors (Lipinski definition) is 0. The van der Waals surface area contributed by atoms with Gasteiger partial charge in [0, 0.05) is 44.9 Å². The molecule has 1 aromatic carbocycles. The van der Waals surface area contributed by atoms with Crippen LogP contribution >= 0.6 is 11.3 Å². The van der Waals surface area contributed by atoms with Crippen LogP contribution in [0.15, 0.2) is 35.7 Å². The second kappa shape index (κ2) is 7.91. The molecule has 2 saturated heterocycles. The van der Waals surface area contributed by atoms with Gasteiger partial charge in [0.25, 0.3) is 5.91 Å². The molecule has 1 atom stereocenters. The number of carbonyl (C=O) groups excluding carboxylic acids is 1. The van der Waals surface area contributed by atoms with Gasteiger partial charge in [0.05, 0.1) is 11.0 Å². The molecule has 0 bridgehead atoms. The summed E-state index contributed by atoms with van der Waals surface area (Å²) < 4.78 is 5.74. The highest BCUT2D eigenvalue weighted by molar-refractivity contribution is 7.12. The highest BCUT2D eigenvalue weighted by atomic mass is 32.1. The van der Waals surface area contributed by atoms with Crippen LogP contribution < -0.4 is 0 Å². The average molecular weight is 371 g/mol. The van der Waals surface area contributed by atoms with Gasteiger partial charge in [0.2, 0.25) is 0 Å². The molecule has 2 aliphatic rings. The second-order valence-corrected chi connectivity index (χ2v) is 8.17. The molecule has 5 heteroatoms. The summed E-state index contributed by atoms with van der Waals surface area (Å²) in [7, 11) is 0. The predicted octanol–water partition coefficient (Wildman–Crippen LogP) is 3.66. The molecule has 3 heterocycles. The van der Waals surface area contributed by atoms with Gasteiger partial charge in [-0.05, 0) is 36.8 Å². The van der Waals surface area contributed by atoms with Crippen molar-refractivity contribution in [2.75, 3.05) is 39.3 Å². The molecule has 0 spiro atoms. The second-order valence-electron chi connectivity index (χ2n) is 7.26. The molecule has 1 amide bonds. The topological polar surface area (TPSA) is 32.8 Å². The Morgan fingerprint density at radius 3 is 2.62 bits per heavy atom. The van der Waals surface area contributed by atoms with E-state index in [0.717, 1.165) is 55.3 Å². The average Bonchev–Trinajstić information content (AvgIpc) is 3.34. The number of piperazine rings is 1. The van der Waals surface area contributed by atoms with Crippen molar-refractivity contribution < 1.29 is 9.53 Å². The molecule has 26 heavy (non-hydrogen) atoms. The number of benzene rings is 1. The van der Waals surface area contributed by atoms with Crippen LogP contribution in [-0.2, 0) is 4.74 Å². The van der Waals surface area contributed by atoms with Crippen molar-refractivity contribution in [3.63, 3.8) is 0 Å². The molecule has 2 aromatic rings. The van der Waals surface area contributed by atoms with E-state index in [1.165, 1.54) is 18.4 Å². The third-order valence-corrected chi connectivity index (χ3v) is 6.27. The number of carbonyl (C=O) groups is 1. The van der Waals surface area contributed by atoms with E-state index in [2.05, 4.69) is 42.2 Å². The lowest BCUT2D eigenvalue weighted by molar-refractivity contribution is 0.0435. The first kappa shape index (κ1) is 17.7. The van der Waals surface area contributed by atoms with E-state index in [9.17, 15) is 4.79 Å². The van der Waals surface area contributed by atoms with Crippen molar-refractivity contribution >= 4 is 17.2 Å². The van der Waals surface area contributed by atoms with Gasteiger partial charge in [-0.15, -0.1) is 11.3 Å². The third-order valence-electron chi connectivity index (χ3n) is 5.37.